The maximum Gasteiger partial charge on any atom is 0.0445 e. The van der Waals surface area contributed by atoms with Crippen LogP contribution >= 0.6 is 11.3 Å². The Morgan fingerprint density at radius 1 is 1.44 bits per heavy atom. The van der Waals surface area contributed by atoms with Crippen molar-refractivity contribution in [2.75, 3.05) is 0 Å². The molecule has 1 heterocycles. The fourth-order valence-corrected chi connectivity index (χ4v) is 3.51. The van der Waals surface area contributed by atoms with E-state index in [1.165, 1.54) is 37.0 Å². The molecule has 2 rings (SSSR count). The predicted octanol–water partition coefficient (Wildman–Crippen LogP) is 4.37. The minimum absolute atomic E-state index is 0.609. The molecule has 0 aliphatic heterocycles. The lowest BCUT2D eigenvalue weighted by Crippen LogP contribution is -2.33. The first-order chi connectivity index (χ1) is 7.81. The van der Waals surface area contributed by atoms with Crippen molar-refractivity contribution in [3.63, 3.8) is 0 Å². The van der Waals surface area contributed by atoms with Crippen molar-refractivity contribution in [3.05, 3.63) is 22.4 Å². The number of hydrogen-bond donors (Lipinski definition) is 1. The molecule has 0 bridgehead atoms. The van der Waals surface area contributed by atoms with Crippen molar-refractivity contribution in [2.45, 2.75) is 58.0 Å². The largest absolute Gasteiger partial charge is 0.307 e. The third-order valence-corrected chi connectivity index (χ3v) is 4.75. The SMILES string of the molecule is CCC(C)NC(c1cccs1)C1CCCC1. The molecule has 1 nitrogen and oxygen atoms in total. The van der Waals surface area contributed by atoms with Gasteiger partial charge in [-0.05, 0) is 43.6 Å². The summed E-state index contributed by atoms with van der Waals surface area (Å²) in [5.41, 5.74) is 0. The molecule has 0 radical (unpaired) electrons. The first-order valence-electron chi connectivity index (χ1n) is 6.60. The highest BCUT2D eigenvalue weighted by Gasteiger charge is 2.27. The lowest BCUT2D eigenvalue weighted by Gasteiger charge is -2.27. The molecule has 1 aromatic rings. The molecule has 1 fully saturated rings. The van der Waals surface area contributed by atoms with Gasteiger partial charge >= 0.3 is 0 Å². The van der Waals surface area contributed by atoms with Crippen LogP contribution in [0.4, 0.5) is 0 Å². The van der Waals surface area contributed by atoms with Gasteiger partial charge in [-0.3, -0.25) is 0 Å². The topological polar surface area (TPSA) is 12.0 Å². The third kappa shape index (κ3) is 2.86. The van der Waals surface area contributed by atoms with Gasteiger partial charge in [0, 0.05) is 17.0 Å². The molecule has 0 spiro atoms. The first-order valence-corrected chi connectivity index (χ1v) is 7.48. The minimum Gasteiger partial charge on any atom is -0.307 e. The zero-order chi connectivity index (χ0) is 11.4. The Kier molecular flexibility index (Phi) is 4.42. The molecule has 90 valence electrons. The fraction of sp³-hybridized carbons (Fsp3) is 0.714. The van der Waals surface area contributed by atoms with Gasteiger partial charge in [0.25, 0.3) is 0 Å². The van der Waals surface area contributed by atoms with Crippen molar-refractivity contribution >= 4 is 11.3 Å². The normalized spacial score (nSPS) is 21.1. The molecular formula is C14H23NS. The molecule has 1 aliphatic carbocycles. The summed E-state index contributed by atoms with van der Waals surface area (Å²) in [7, 11) is 0. The van der Waals surface area contributed by atoms with Gasteiger partial charge in [0.15, 0.2) is 0 Å². The highest BCUT2D eigenvalue weighted by molar-refractivity contribution is 7.10. The number of rotatable bonds is 5. The monoisotopic (exact) mass is 237 g/mol. The molecule has 1 N–H and O–H groups in total. The van der Waals surface area contributed by atoms with Gasteiger partial charge < -0.3 is 5.32 Å². The summed E-state index contributed by atoms with van der Waals surface area (Å²) < 4.78 is 0. The Morgan fingerprint density at radius 3 is 2.75 bits per heavy atom. The van der Waals surface area contributed by atoms with Crippen LogP contribution in [0, 0.1) is 5.92 Å². The summed E-state index contributed by atoms with van der Waals surface area (Å²) in [6, 6.07) is 5.72. The second-order valence-electron chi connectivity index (χ2n) is 5.01. The van der Waals surface area contributed by atoms with E-state index in [0.717, 1.165) is 5.92 Å². The van der Waals surface area contributed by atoms with Crippen molar-refractivity contribution in [1.82, 2.24) is 5.32 Å². The van der Waals surface area contributed by atoms with Gasteiger partial charge in [-0.25, -0.2) is 0 Å². The van der Waals surface area contributed by atoms with E-state index < -0.39 is 0 Å². The number of nitrogens with one attached hydrogen (secondary N) is 1. The summed E-state index contributed by atoms with van der Waals surface area (Å²) in [5, 5.41) is 6.03. The van der Waals surface area contributed by atoms with E-state index >= 15 is 0 Å². The van der Waals surface area contributed by atoms with Gasteiger partial charge in [0.05, 0.1) is 0 Å². The molecule has 1 aliphatic rings. The quantitative estimate of drug-likeness (QED) is 0.802. The number of thiophene rings is 1. The summed E-state index contributed by atoms with van der Waals surface area (Å²) in [6.45, 7) is 4.56. The second kappa shape index (κ2) is 5.83. The van der Waals surface area contributed by atoms with Gasteiger partial charge in [-0.2, -0.15) is 0 Å². The van der Waals surface area contributed by atoms with Gasteiger partial charge in [0.2, 0.25) is 0 Å². The molecule has 0 saturated heterocycles. The van der Waals surface area contributed by atoms with Crippen LogP contribution in [0.2, 0.25) is 0 Å². The minimum atomic E-state index is 0.609. The Bertz CT molecular complexity index is 288. The Balaban J connectivity index is 2.06. The molecule has 16 heavy (non-hydrogen) atoms. The van der Waals surface area contributed by atoms with E-state index in [-0.39, 0.29) is 0 Å². The van der Waals surface area contributed by atoms with Gasteiger partial charge in [0.1, 0.15) is 0 Å². The smallest absolute Gasteiger partial charge is 0.0445 e. The van der Waals surface area contributed by atoms with Crippen molar-refractivity contribution in [3.8, 4) is 0 Å². The Hall–Kier alpha value is -0.340. The Labute approximate surface area is 103 Å². The van der Waals surface area contributed by atoms with Crippen LogP contribution in [0.15, 0.2) is 17.5 Å². The van der Waals surface area contributed by atoms with E-state index in [9.17, 15) is 0 Å². The van der Waals surface area contributed by atoms with E-state index in [1.807, 2.05) is 11.3 Å². The zero-order valence-electron chi connectivity index (χ0n) is 10.4. The lowest BCUT2D eigenvalue weighted by molar-refractivity contribution is 0.336. The molecular weight excluding hydrogens is 214 g/mol. The molecule has 2 unspecified atom stereocenters. The Morgan fingerprint density at radius 2 is 2.19 bits per heavy atom. The van der Waals surface area contributed by atoms with Crippen LogP contribution in [0.5, 0.6) is 0 Å². The summed E-state index contributed by atoms with van der Waals surface area (Å²) >= 11 is 1.91. The number of hydrogen-bond acceptors (Lipinski definition) is 2. The van der Waals surface area contributed by atoms with Crippen LogP contribution in [0.1, 0.15) is 56.9 Å². The third-order valence-electron chi connectivity index (χ3n) is 3.80. The second-order valence-corrected chi connectivity index (χ2v) is 5.99. The standard InChI is InChI=1S/C14H23NS/c1-3-11(2)15-14(12-7-4-5-8-12)13-9-6-10-16-13/h6,9-12,14-15H,3-5,7-8H2,1-2H3. The molecule has 2 atom stereocenters. The van der Waals surface area contributed by atoms with Gasteiger partial charge in [-0.1, -0.05) is 25.8 Å². The molecule has 1 aromatic heterocycles. The lowest BCUT2D eigenvalue weighted by atomic mass is 9.95. The van der Waals surface area contributed by atoms with Crippen LogP contribution in [0.3, 0.4) is 0 Å². The molecule has 0 aromatic carbocycles. The zero-order valence-corrected chi connectivity index (χ0v) is 11.2. The summed E-state index contributed by atoms with van der Waals surface area (Å²) in [6.07, 6.45) is 6.88. The highest BCUT2D eigenvalue weighted by atomic mass is 32.1. The average molecular weight is 237 g/mol. The first kappa shape index (κ1) is 12.1. The maximum absolute atomic E-state index is 3.82. The van der Waals surface area contributed by atoms with Crippen LogP contribution in [-0.2, 0) is 0 Å². The summed E-state index contributed by atoms with van der Waals surface area (Å²) in [5.74, 6) is 0.868. The predicted molar refractivity (Wildman–Crippen MR) is 71.9 cm³/mol. The van der Waals surface area contributed by atoms with Crippen LogP contribution in [-0.4, -0.2) is 6.04 Å². The van der Waals surface area contributed by atoms with Crippen molar-refractivity contribution in [1.29, 1.82) is 0 Å². The van der Waals surface area contributed by atoms with Crippen LogP contribution in [0.25, 0.3) is 0 Å². The van der Waals surface area contributed by atoms with Crippen LogP contribution < -0.4 is 5.32 Å². The molecule has 2 heteroatoms. The summed E-state index contributed by atoms with van der Waals surface area (Å²) in [4.78, 5) is 1.53. The van der Waals surface area contributed by atoms with Crippen molar-refractivity contribution < 1.29 is 0 Å². The van der Waals surface area contributed by atoms with Crippen molar-refractivity contribution in [2.24, 2.45) is 5.92 Å². The average Bonchev–Trinajstić information content (AvgIpc) is 2.97. The fourth-order valence-electron chi connectivity index (χ4n) is 2.63. The highest BCUT2D eigenvalue weighted by Crippen LogP contribution is 2.37. The van der Waals surface area contributed by atoms with E-state index in [2.05, 4.69) is 36.7 Å². The van der Waals surface area contributed by atoms with E-state index in [0.29, 0.717) is 12.1 Å². The van der Waals surface area contributed by atoms with E-state index in [4.69, 9.17) is 0 Å². The maximum atomic E-state index is 3.82. The molecule has 1 saturated carbocycles. The van der Waals surface area contributed by atoms with E-state index in [1.54, 1.807) is 0 Å². The molecule has 0 amide bonds. The van der Waals surface area contributed by atoms with Gasteiger partial charge in [-0.15, -0.1) is 11.3 Å².